The van der Waals surface area contributed by atoms with Crippen LogP contribution in [0.15, 0.2) is 49.1 Å². The Morgan fingerprint density at radius 2 is 2.07 bits per heavy atom. The molecule has 0 spiro atoms. The molecule has 2 aromatic heterocycles. The highest BCUT2D eigenvalue weighted by Crippen LogP contribution is 2.39. The average molecular weight is 573 g/mol. The molecule has 11 heteroatoms. The van der Waals surface area contributed by atoms with Gasteiger partial charge in [-0.3, -0.25) is 0 Å². The number of nitriles is 1. The van der Waals surface area contributed by atoms with Crippen LogP contribution < -0.4 is 19.9 Å². The van der Waals surface area contributed by atoms with Crippen LogP contribution in [0.5, 0.6) is 6.01 Å². The summed E-state index contributed by atoms with van der Waals surface area (Å²) in [6, 6.07) is 12.0. The SMILES string of the molecule is N#CC[C@H]1CN(c2nc(OC3CCC3n3ccnc3)nc3c2CCN(c2cccc4ccc(F)c(Cl)c24)C3)CCN1. The fourth-order valence-corrected chi connectivity index (χ4v) is 6.53. The first kappa shape index (κ1) is 26.0. The minimum atomic E-state index is -0.428. The highest BCUT2D eigenvalue weighted by atomic mass is 35.5. The Morgan fingerprint density at radius 1 is 1.15 bits per heavy atom. The number of ether oxygens (including phenoxy) is 1. The smallest absolute Gasteiger partial charge is 0.319 e. The van der Waals surface area contributed by atoms with Crippen molar-refractivity contribution in [3.63, 3.8) is 0 Å². The van der Waals surface area contributed by atoms with Crippen LogP contribution in [0.3, 0.4) is 0 Å². The third kappa shape index (κ3) is 4.83. The van der Waals surface area contributed by atoms with Crippen molar-refractivity contribution in [1.29, 1.82) is 5.26 Å². The van der Waals surface area contributed by atoms with Crippen molar-refractivity contribution in [3.05, 3.63) is 71.2 Å². The molecule has 3 aliphatic rings. The molecule has 2 aliphatic heterocycles. The van der Waals surface area contributed by atoms with E-state index in [0.29, 0.717) is 37.5 Å². The van der Waals surface area contributed by atoms with Gasteiger partial charge in [-0.1, -0.05) is 29.8 Å². The van der Waals surface area contributed by atoms with Crippen LogP contribution in [0, 0.1) is 17.1 Å². The lowest BCUT2D eigenvalue weighted by molar-refractivity contribution is 0.0453. The third-order valence-corrected chi connectivity index (χ3v) is 8.88. The second-order valence-corrected chi connectivity index (χ2v) is 11.3. The second-order valence-electron chi connectivity index (χ2n) is 10.9. The van der Waals surface area contributed by atoms with Crippen molar-refractivity contribution in [2.45, 2.75) is 50.4 Å². The van der Waals surface area contributed by atoms with E-state index in [1.165, 1.54) is 6.07 Å². The standard InChI is InChI=1S/C30H30ClFN8O/c31-28-22(32)5-4-19-2-1-3-25(27(19)28)38-13-9-21-23(17-38)36-30(41-26-7-6-24(26)40-14-11-34-18-40)37-29(21)39-15-12-35-20(16-39)8-10-33/h1-5,11,14,18,20,24,26,35H,6-9,12-13,15-17H2/t20-,24?,26?/m0/s1. The molecule has 2 fully saturated rings. The Kier molecular flexibility index (Phi) is 6.85. The minimum absolute atomic E-state index is 0.0380. The summed E-state index contributed by atoms with van der Waals surface area (Å²) in [4.78, 5) is 18.6. The number of aromatic nitrogens is 4. The summed E-state index contributed by atoms with van der Waals surface area (Å²) in [5.41, 5.74) is 2.88. The molecule has 41 heavy (non-hydrogen) atoms. The van der Waals surface area contributed by atoms with Crippen LogP contribution in [0.25, 0.3) is 10.8 Å². The highest BCUT2D eigenvalue weighted by Gasteiger charge is 2.36. The number of hydrogen-bond donors (Lipinski definition) is 1. The Bertz CT molecular complexity index is 1620. The molecule has 0 radical (unpaired) electrons. The zero-order valence-electron chi connectivity index (χ0n) is 22.5. The fourth-order valence-electron chi connectivity index (χ4n) is 6.26. The molecule has 1 N–H and O–H groups in total. The van der Waals surface area contributed by atoms with Crippen LogP contribution in [-0.2, 0) is 13.0 Å². The monoisotopic (exact) mass is 572 g/mol. The van der Waals surface area contributed by atoms with Gasteiger partial charge in [-0.25, -0.2) is 9.37 Å². The van der Waals surface area contributed by atoms with E-state index < -0.39 is 5.82 Å². The molecular formula is C30H30ClFN8O. The van der Waals surface area contributed by atoms with E-state index >= 15 is 0 Å². The van der Waals surface area contributed by atoms with Crippen molar-refractivity contribution >= 4 is 33.9 Å². The van der Waals surface area contributed by atoms with Crippen LogP contribution in [-0.4, -0.2) is 57.8 Å². The number of benzene rings is 2. The van der Waals surface area contributed by atoms with Crippen LogP contribution in [0.2, 0.25) is 5.02 Å². The number of anilines is 2. The number of nitrogens with one attached hydrogen (secondary N) is 1. The summed E-state index contributed by atoms with van der Waals surface area (Å²) in [6.07, 6.45) is 8.63. The van der Waals surface area contributed by atoms with Gasteiger partial charge in [0.15, 0.2) is 0 Å². The lowest BCUT2D eigenvalue weighted by atomic mass is 9.89. The van der Waals surface area contributed by atoms with Gasteiger partial charge < -0.3 is 24.4 Å². The van der Waals surface area contributed by atoms with E-state index in [-0.39, 0.29) is 23.2 Å². The Balaban J connectivity index is 1.24. The molecule has 0 amide bonds. The first-order chi connectivity index (χ1) is 20.1. The average Bonchev–Trinajstić information content (AvgIpc) is 3.50. The quantitative estimate of drug-likeness (QED) is 0.357. The first-order valence-electron chi connectivity index (χ1n) is 14.1. The first-order valence-corrected chi connectivity index (χ1v) is 14.5. The Morgan fingerprint density at radius 3 is 2.88 bits per heavy atom. The van der Waals surface area contributed by atoms with E-state index in [0.717, 1.165) is 60.5 Å². The maximum atomic E-state index is 14.5. The molecule has 1 saturated heterocycles. The summed E-state index contributed by atoms with van der Waals surface area (Å²) < 4.78 is 23.0. The van der Waals surface area contributed by atoms with E-state index in [2.05, 4.69) is 30.7 Å². The molecule has 3 atom stereocenters. The lowest BCUT2D eigenvalue weighted by Gasteiger charge is -2.39. The van der Waals surface area contributed by atoms with E-state index in [1.54, 1.807) is 12.3 Å². The van der Waals surface area contributed by atoms with Crippen molar-refractivity contribution in [2.75, 3.05) is 36.0 Å². The number of fused-ring (bicyclic) bond motifs is 2. The lowest BCUT2D eigenvalue weighted by Crippen LogP contribution is -2.51. The molecule has 2 unspecified atom stereocenters. The molecule has 4 heterocycles. The summed E-state index contributed by atoms with van der Waals surface area (Å²) in [5.74, 6) is 0.456. The summed E-state index contributed by atoms with van der Waals surface area (Å²) in [7, 11) is 0. The van der Waals surface area contributed by atoms with Crippen molar-refractivity contribution < 1.29 is 9.13 Å². The molecule has 1 aliphatic carbocycles. The van der Waals surface area contributed by atoms with Gasteiger partial charge in [-0.05, 0) is 36.8 Å². The molecule has 1 saturated carbocycles. The van der Waals surface area contributed by atoms with Crippen molar-refractivity contribution in [1.82, 2.24) is 24.8 Å². The highest BCUT2D eigenvalue weighted by molar-refractivity contribution is 6.36. The van der Waals surface area contributed by atoms with Crippen molar-refractivity contribution in [2.24, 2.45) is 0 Å². The van der Waals surface area contributed by atoms with Gasteiger partial charge in [-0.2, -0.15) is 15.2 Å². The van der Waals surface area contributed by atoms with Gasteiger partial charge in [0.05, 0.1) is 42.1 Å². The third-order valence-electron chi connectivity index (χ3n) is 8.51. The van der Waals surface area contributed by atoms with Gasteiger partial charge in [0.2, 0.25) is 0 Å². The molecule has 2 aromatic carbocycles. The molecule has 210 valence electrons. The van der Waals surface area contributed by atoms with E-state index in [9.17, 15) is 9.65 Å². The summed E-state index contributed by atoms with van der Waals surface area (Å²) in [6.45, 7) is 3.50. The number of rotatable bonds is 6. The summed E-state index contributed by atoms with van der Waals surface area (Å²) in [5, 5.41) is 14.5. The number of nitrogens with zero attached hydrogens (tertiary/aromatic N) is 7. The van der Waals surface area contributed by atoms with Gasteiger partial charge in [0, 0.05) is 61.3 Å². The number of hydrogen-bond acceptors (Lipinski definition) is 8. The van der Waals surface area contributed by atoms with Gasteiger partial charge in [0.1, 0.15) is 17.7 Å². The zero-order chi connectivity index (χ0) is 27.9. The van der Waals surface area contributed by atoms with Crippen molar-refractivity contribution in [3.8, 4) is 12.1 Å². The van der Waals surface area contributed by atoms with Crippen LogP contribution >= 0.6 is 11.6 Å². The normalized spacial score (nSPS) is 22.2. The Labute approximate surface area is 242 Å². The van der Waals surface area contributed by atoms with E-state index in [4.69, 9.17) is 26.3 Å². The molecule has 0 bridgehead atoms. The Hall–Kier alpha value is -3.94. The predicted octanol–water partition coefficient (Wildman–Crippen LogP) is 4.66. The topological polar surface area (TPSA) is 95.1 Å². The molecule has 7 rings (SSSR count). The van der Waals surface area contributed by atoms with Gasteiger partial charge in [-0.15, -0.1) is 0 Å². The molecule has 4 aromatic rings. The molecule has 9 nitrogen and oxygen atoms in total. The zero-order valence-corrected chi connectivity index (χ0v) is 23.3. The van der Waals surface area contributed by atoms with E-state index in [1.807, 2.05) is 30.7 Å². The number of imidazole rings is 1. The number of halogens is 2. The maximum Gasteiger partial charge on any atom is 0.319 e. The van der Waals surface area contributed by atoms with Gasteiger partial charge in [0.25, 0.3) is 0 Å². The minimum Gasteiger partial charge on any atom is -0.458 e. The predicted molar refractivity (Wildman–Crippen MR) is 155 cm³/mol. The number of piperazine rings is 1. The second kappa shape index (κ2) is 10.8. The fraction of sp³-hybridized carbons (Fsp3) is 0.400. The maximum absolute atomic E-state index is 14.5. The largest absolute Gasteiger partial charge is 0.458 e. The van der Waals surface area contributed by atoms with Crippen LogP contribution in [0.4, 0.5) is 15.9 Å². The van der Waals surface area contributed by atoms with Gasteiger partial charge >= 0.3 is 6.01 Å². The van der Waals surface area contributed by atoms with Crippen LogP contribution in [0.1, 0.15) is 36.6 Å². The molecular weight excluding hydrogens is 543 g/mol. The summed E-state index contributed by atoms with van der Waals surface area (Å²) >= 11 is 6.49.